The molecule has 1 aliphatic rings. The number of amidine groups is 1. The minimum absolute atomic E-state index is 0.0991. The number of aromatic nitrogens is 10. The van der Waals surface area contributed by atoms with Crippen molar-refractivity contribution in [3.63, 3.8) is 0 Å². The minimum Gasteiger partial charge on any atom is -0.329 e. The van der Waals surface area contributed by atoms with Crippen molar-refractivity contribution >= 4 is 99.0 Å². The molecule has 26 rings (SSSR count). The normalized spacial score (nSPS) is 12.7. The Bertz CT molecular complexity index is 9620. The van der Waals surface area contributed by atoms with E-state index in [-0.39, 0.29) is 34.5 Å². The van der Waals surface area contributed by atoms with E-state index < -0.39 is 28.7 Å². The van der Waals surface area contributed by atoms with Crippen LogP contribution in [0.25, 0.3) is 211 Å². The van der Waals surface area contributed by atoms with Gasteiger partial charge in [-0.15, -0.1) is 0 Å². The molecule has 141 heavy (non-hydrogen) atoms. The Kier molecular flexibility index (Phi) is 19.8. The molecule has 6 aromatic heterocycles. The molecule has 25 aromatic rings. The zero-order valence-corrected chi connectivity index (χ0v) is 75.5. The van der Waals surface area contributed by atoms with E-state index in [2.05, 4.69) is 231 Å². The summed E-state index contributed by atoms with van der Waals surface area (Å²) in [5.74, 6) is 0.750. The van der Waals surface area contributed by atoms with E-state index in [1.54, 1.807) is 4.57 Å². The van der Waals surface area contributed by atoms with Crippen LogP contribution in [0.2, 0.25) is 0 Å². The molecule has 0 fully saturated rings. The van der Waals surface area contributed by atoms with Crippen molar-refractivity contribution in [3.05, 3.63) is 520 Å². The van der Waals surface area contributed by atoms with Crippen molar-refractivity contribution in [2.24, 2.45) is 9.98 Å². The maximum Gasteiger partial charge on any atom is 0.345 e. The number of aliphatic imine (C=N–C) groups is 2. The van der Waals surface area contributed by atoms with E-state index in [0.717, 1.165) is 148 Å². The lowest BCUT2D eigenvalue weighted by atomic mass is 9.99. The summed E-state index contributed by atoms with van der Waals surface area (Å²) in [4.78, 5) is 91.3. The van der Waals surface area contributed by atoms with Gasteiger partial charge in [-0.2, -0.15) is 19.5 Å². The smallest absolute Gasteiger partial charge is 0.329 e. The van der Waals surface area contributed by atoms with E-state index >= 15 is 19.2 Å². The molecule has 664 valence electrons. The van der Waals surface area contributed by atoms with Gasteiger partial charge >= 0.3 is 11.4 Å². The Labute approximate surface area is 806 Å². The van der Waals surface area contributed by atoms with Gasteiger partial charge in [-0.25, -0.2) is 28.7 Å². The second kappa shape index (κ2) is 33.9. The van der Waals surface area contributed by atoms with Crippen molar-refractivity contribution < 1.29 is 0 Å². The number of benzene rings is 19. The molecule has 0 aliphatic carbocycles. The van der Waals surface area contributed by atoms with E-state index in [0.29, 0.717) is 56.2 Å². The Morgan fingerprint density at radius 1 is 0.213 bits per heavy atom. The predicted molar refractivity (Wildman–Crippen MR) is 571 cm³/mol. The lowest BCUT2D eigenvalue weighted by molar-refractivity contribution is 0.651. The van der Waals surface area contributed by atoms with Crippen LogP contribution >= 0.6 is 0 Å². The number of fused-ring (bicyclic) bond motifs is 11. The van der Waals surface area contributed by atoms with E-state index in [1.165, 1.54) is 9.13 Å². The second-order valence-corrected chi connectivity index (χ2v) is 35.4. The Morgan fingerprint density at radius 2 is 0.532 bits per heavy atom. The fourth-order valence-electron chi connectivity index (χ4n) is 20.4. The highest BCUT2D eigenvalue weighted by Crippen LogP contribution is 2.44. The molecule has 7 heterocycles. The van der Waals surface area contributed by atoms with Crippen LogP contribution in [0.5, 0.6) is 0 Å². The lowest BCUT2D eigenvalue weighted by Crippen LogP contribution is -2.48. The van der Waals surface area contributed by atoms with Crippen LogP contribution in [0, 0.1) is 0 Å². The molecule has 0 amide bonds. The highest BCUT2D eigenvalue weighted by Gasteiger charge is 2.31. The monoisotopic (exact) mass is 1810 g/mol. The van der Waals surface area contributed by atoms with Gasteiger partial charge in [-0.05, 0) is 182 Å². The predicted octanol–water partition coefficient (Wildman–Crippen LogP) is 26.4. The standard InChI is InChI=1S/C124H79N13O4/c138-119-104-75-96(131-106-45-25-22-42-98(106)101-72-91(60-68-109(101)131)79-30-10-2-11-31-79)67-71-112(104)136(124(141)137(119)122-129-116(88-38-18-6-19-39-88)125-117(130-122)89-40-20-7-21-41-89)121-127-115(87-36-16-5-17-37-87)126-118(128-121)90-54-52-84(53-55-90)82-48-50-83(51-49-82)86-58-65-95(66-59-86)134-120(139)105-76-97(132-107-46-26-23-43-99(107)102-73-92(61-69-110(102)132)80-32-12-3-13-33-80)77-113(114(105)133(123(134)140)94-63-56-85(57-64-94)78-28-8-1-9-29-78)135-108-47-27-24-44-100(108)103-74-93(62-70-111(103)135)81-34-14-4-15-35-81/h1-77,115H,(H,126,127,128). The van der Waals surface area contributed by atoms with Gasteiger partial charge in [0.05, 0.1) is 72.0 Å². The van der Waals surface area contributed by atoms with Crippen molar-refractivity contribution in [3.8, 4) is 124 Å². The summed E-state index contributed by atoms with van der Waals surface area (Å²) in [6.07, 6.45) is -0.777. The maximum absolute atomic E-state index is 16.7. The summed E-state index contributed by atoms with van der Waals surface area (Å²) in [6.45, 7) is 0. The first-order valence-corrected chi connectivity index (χ1v) is 46.9. The Hall–Kier alpha value is -19.4. The zero-order chi connectivity index (χ0) is 93.9. The first kappa shape index (κ1) is 82.3. The molecule has 1 unspecified atom stereocenters. The summed E-state index contributed by atoms with van der Waals surface area (Å²) < 4.78 is 12.2. The molecule has 19 aromatic carbocycles. The minimum atomic E-state index is -0.788. The fourth-order valence-corrected chi connectivity index (χ4v) is 20.4. The number of rotatable bonds is 16. The average Bonchev–Trinajstić information content (AvgIpc) is 1.60. The summed E-state index contributed by atoms with van der Waals surface area (Å²) in [6, 6.07) is 156. The Balaban J connectivity index is 0.588. The van der Waals surface area contributed by atoms with Gasteiger partial charge in [0.25, 0.3) is 11.1 Å². The van der Waals surface area contributed by atoms with Crippen LogP contribution in [0.3, 0.4) is 0 Å². The molecule has 0 bridgehead atoms. The van der Waals surface area contributed by atoms with E-state index in [9.17, 15) is 0 Å². The quantitative estimate of drug-likeness (QED) is 0.0993. The third kappa shape index (κ3) is 14.2. The molecule has 0 spiro atoms. The highest BCUT2D eigenvalue weighted by atomic mass is 16.2. The van der Waals surface area contributed by atoms with Gasteiger partial charge in [-0.1, -0.05) is 358 Å². The number of nitrogens with zero attached hydrogens (tertiary/aromatic N) is 12. The SMILES string of the molecule is O=c1c2cc(-n3c4ccccc4c4cc(-c5ccccc5)ccc43)ccc2n(C2=NC(c3ccc(-c4ccc(-c5ccc(-n6c(=O)c7cc(-n8c9ccccc9c9cc(-c%10ccccc%10)ccc98)cc(-n8c9ccccc9c9cc(-c%10ccccc%10)ccc98)c7n(-c7ccc(-c8ccccc8)cc7)c6=O)cc5)cc4)cc3)=NC(c3ccccc3)N2)c(=O)n1-c1nc(-c2ccccc2)nc(-c2ccccc2)n1. The molecule has 0 radical (unpaired) electrons. The molecule has 0 saturated heterocycles. The van der Waals surface area contributed by atoms with E-state index in [1.807, 2.05) is 255 Å². The van der Waals surface area contributed by atoms with Gasteiger partial charge in [0.1, 0.15) is 6.17 Å². The summed E-state index contributed by atoms with van der Waals surface area (Å²) in [5.41, 5.74) is 21.6. The topological polar surface area (TPSA) is 178 Å². The molecule has 17 nitrogen and oxygen atoms in total. The Morgan fingerprint density at radius 3 is 0.993 bits per heavy atom. The molecular weight excluding hydrogens is 1740 g/mol. The van der Waals surface area contributed by atoms with Crippen molar-refractivity contribution in [1.29, 1.82) is 0 Å². The first-order valence-electron chi connectivity index (χ1n) is 46.9. The van der Waals surface area contributed by atoms with Gasteiger partial charge in [0.15, 0.2) is 17.5 Å². The summed E-state index contributed by atoms with van der Waals surface area (Å²) >= 11 is 0. The molecule has 17 heteroatoms. The summed E-state index contributed by atoms with van der Waals surface area (Å²) in [5, 5.41) is 10.2. The maximum atomic E-state index is 16.7. The number of hydrogen-bond donors (Lipinski definition) is 1. The van der Waals surface area contributed by atoms with Gasteiger partial charge in [-0.3, -0.25) is 14.2 Å². The van der Waals surface area contributed by atoms with Gasteiger partial charge < -0.3 is 19.0 Å². The second-order valence-electron chi connectivity index (χ2n) is 35.4. The van der Waals surface area contributed by atoms with Crippen LogP contribution in [-0.2, 0) is 0 Å². The third-order valence-electron chi connectivity index (χ3n) is 27.2. The molecule has 1 N–H and O–H groups in total. The van der Waals surface area contributed by atoms with Crippen molar-refractivity contribution in [2.75, 3.05) is 0 Å². The highest BCUT2D eigenvalue weighted by molar-refractivity contribution is 6.15. The van der Waals surface area contributed by atoms with Crippen LogP contribution in [0.4, 0.5) is 0 Å². The average molecular weight is 1820 g/mol. The van der Waals surface area contributed by atoms with E-state index in [4.69, 9.17) is 24.9 Å². The van der Waals surface area contributed by atoms with Crippen LogP contribution in [0.15, 0.2) is 496 Å². The first-order chi connectivity index (χ1) is 69.6. The van der Waals surface area contributed by atoms with Crippen LogP contribution in [-0.4, -0.2) is 58.7 Å². The third-order valence-corrected chi connectivity index (χ3v) is 27.2. The fraction of sp³-hybridized carbons (Fsp3) is 0.00806. The van der Waals surface area contributed by atoms with Crippen LogP contribution < -0.4 is 27.8 Å². The zero-order valence-electron chi connectivity index (χ0n) is 75.5. The number of nitrogens with one attached hydrogen (secondary N) is 1. The largest absolute Gasteiger partial charge is 0.345 e. The number of hydrogen-bond acceptors (Lipinski definition) is 10. The van der Waals surface area contributed by atoms with Crippen LogP contribution in [0.1, 0.15) is 17.3 Å². The van der Waals surface area contributed by atoms with Crippen molar-refractivity contribution in [1.82, 2.24) is 52.2 Å². The number of para-hydroxylation sites is 3. The molecule has 1 aliphatic heterocycles. The molecular formula is C124H79N13O4. The van der Waals surface area contributed by atoms with Gasteiger partial charge in [0, 0.05) is 60.4 Å². The lowest BCUT2D eigenvalue weighted by Gasteiger charge is -2.25. The summed E-state index contributed by atoms with van der Waals surface area (Å²) in [7, 11) is 0. The molecule has 0 saturated carbocycles. The van der Waals surface area contributed by atoms with Gasteiger partial charge in [0.2, 0.25) is 11.9 Å². The molecule has 1 atom stereocenters. The van der Waals surface area contributed by atoms with Crippen molar-refractivity contribution in [2.45, 2.75) is 6.17 Å².